The molecule has 6 aliphatic heterocycles. The molecule has 136 heavy (non-hydrogen) atoms. The van der Waals surface area contributed by atoms with E-state index in [9.17, 15) is 144 Å². The lowest BCUT2D eigenvalue weighted by Crippen LogP contribution is -2.45. The summed E-state index contributed by atoms with van der Waals surface area (Å²) >= 11 is 13.2. The van der Waals surface area contributed by atoms with E-state index in [1.807, 2.05) is 104 Å². The second kappa shape index (κ2) is 36.3. The van der Waals surface area contributed by atoms with Gasteiger partial charge < -0.3 is 101 Å². The van der Waals surface area contributed by atoms with Crippen LogP contribution in [0.25, 0.3) is 21.1 Å². The van der Waals surface area contributed by atoms with E-state index < -0.39 is 107 Å². The fourth-order valence-corrected chi connectivity index (χ4v) is 25.2. The topological polar surface area (TPSA) is 605 Å². The quantitative estimate of drug-likeness (QED) is 0.0627. The van der Waals surface area contributed by atoms with Crippen molar-refractivity contribution in [2.24, 2.45) is 0 Å². The molecule has 0 radical (unpaired) electrons. The number of halogens is 2. The fraction of sp³-hybridized carbons (Fsp3) is 0.400. The third kappa shape index (κ3) is 20.7. The lowest BCUT2D eigenvalue weighted by Gasteiger charge is -2.31. The van der Waals surface area contributed by atoms with E-state index in [4.69, 9.17) is 27.7 Å². The van der Waals surface area contributed by atoms with Crippen molar-refractivity contribution < 1.29 is 139 Å². The maximum absolute atomic E-state index is 12.3. The molecule has 0 fully saturated rings. The molecule has 0 aliphatic carbocycles. The van der Waals surface area contributed by atoms with Gasteiger partial charge in [0.1, 0.15) is 14.7 Å². The van der Waals surface area contributed by atoms with Gasteiger partial charge in [0.25, 0.3) is 64.8 Å². The highest BCUT2D eigenvalue weighted by Crippen LogP contribution is 2.50. The van der Waals surface area contributed by atoms with Crippen LogP contribution in [0.15, 0.2) is 119 Å². The molecule has 0 unspecified atom stereocenters. The molecule has 10 aromatic rings. The Balaban J connectivity index is 0.000000174. The van der Waals surface area contributed by atoms with E-state index in [0.29, 0.717) is 60.3 Å². The highest BCUT2D eigenvalue weighted by atomic mass is 35.5. The number of sulfonamides is 4. The average molecular weight is 2030 g/mol. The molecule has 0 bridgehead atoms. The number of aromatic hydroxyl groups is 16. The van der Waals surface area contributed by atoms with Crippen molar-refractivity contribution in [1.29, 1.82) is 0 Å². The molecule has 740 valence electrons. The zero-order chi connectivity index (χ0) is 104. The minimum absolute atomic E-state index is 0.0556. The van der Waals surface area contributed by atoms with Crippen LogP contribution in [0.1, 0.15) is 230 Å². The molecular formula is C90H110Cl2N8O31S5. The van der Waals surface area contributed by atoms with E-state index >= 15 is 0 Å². The predicted molar refractivity (Wildman–Crippen MR) is 502 cm³/mol. The van der Waals surface area contributed by atoms with E-state index in [1.54, 1.807) is 66.3 Å². The second-order valence-electron chi connectivity index (χ2n) is 40.1. The van der Waals surface area contributed by atoms with Crippen molar-refractivity contribution in [3.63, 3.8) is 0 Å². The lowest BCUT2D eigenvalue weighted by atomic mass is 10.1. The van der Waals surface area contributed by atoms with Gasteiger partial charge in [-0.1, -0.05) is 38.4 Å². The van der Waals surface area contributed by atoms with Gasteiger partial charge in [-0.2, -0.15) is 9.05 Å². The summed E-state index contributed by atoms with van der Waals surface area (Å²) in [4.78, 5) is 76.0. The van der Waals surface area contributed by atoms with Gasteiger partial charge in [-0.3, -0.25) is 32.7 Å². The molecule has 8 heterocycles. The summed E-state index contributed by atoms with van der Waals surface area (Å²) in [5.41, 5.74) is -1.62. The summed E-state index contributed by atoms with van der Waals surface area (Å²) in [5, 5.41) is 152. The summed E-state index contributed by atoms with van der Waals surface area (Å²) in [6.45, 7) is 44.3. The number of carbonyl (C=O) groups is 4. The average Bonchev–Trinajstić information content (AvgIpc) is 1.54. The molecule has 0 saturated carbocycles. The number of nitrogens with zero attached hydrogens (tertiary/aromatic N) is 8. The van der Waals surface area contributed by atoms with Gasteiger partial charge in [0.05, 0.1) is 71.2 Å². The normalized spacial score (nSPS) is 16.2. The van der Waals surface area contributed by atoms with Crippen LogP contribution in [0.3, 0.4) is 0 Å². The van der Waals surface area contributed by atoms with Gasteiger partial charge in [-0.15, -0.1) is 0 Å². The van der Waals surface area contributed by atoms with Crippen molar-refractivity contribution >= 4 is 120 Å². The maximum atomic E-state index is 12.3. The largest absolute Gasteiger partial charge is 0.504 e. The first-order valence-corrected chi connectivity index (χ1v) is 48.5. The highest BCUT2D eigenvalue weighted by molar-refractivity contribution is 8.06. The Labute approximate surface area is 797 Å². The first-order chi connectivity index (χ1) is 61.5. The van der Waals surface area contributed by atoms with Crippen LogP contribution in [0.5, 0.6) is 92.0 Å². The third-order valence-electron chi connectivity index (χ3n) is 21.3. The third-order valence-corrected chi connectivity index (χ3v) is 32.8. The van der Waals surface area contributed by atoms with Crippen LogP contribution in [-0.2, 0) is 77.4 Å². The van der Waals surface area contributed by atoms with Gasteiger partial charge in [0.15, 0.2) is 97.6 Å². The molecule has 0 atom stereocenters. The number of hydrogen-bond donors (Lipinski definition) is 16. The maximum Gasteiger partial charge on any atom is 0.291 e. The number of phenols is 16. The molecule has 2 aromatic heterocycles. The molecule has 39 nitrogen and oxygen atoms in total. The zero-order valence-electron chi connectivity index (χ0n) is 78.6. The minimum atomic E-state index is -4.28. The van der Waals surface area contributed by atoms with E-state index in [-0.39, 0.29) is 169 Å². The second-order valence-corrected chi connectivity index (χ2v) is 49.2. The standard InChI is InChI=1S/2C12H14ClNO3.C12H15NO3.C11H13NO5S.C11H15NO4S.C11H13NO4.C11H13NO3S.C10H13NO6S2/c1-12(2,3)14-5-6-9(11(14)17)7(13)4-8(15)10(6)16;1-12(2,3)14-5-7-6(11(14)17)4-8(15)10(16)9(7)13;1-12(2,3)13-6-8-7(11(13)16)4-5-9(14)10(8)15;1-11(2,3)12-10(15)6-4-7(13)8(14)5-9(6)18(12,16)17;1-11(2,3)12-6-7-4-8(13)9(14)5-10(7)17(12,15)16;2*1-11(2,3)12-10(15)6-4-7(13)8(14)5-9(6)16-12;1-10(2,3)11-18(14,15)8-4-6(12)7(13)5-9(8)19(11,16)17/h2*4,15-16H,5H2,1-3H3;4-5,14-15H,6H2,1-3H3;4-5,13-14H,1-3H3;4-5,13-14H,6H2,1-3H3;2*4-5,13-14H,1-3H3;4-5,12-13H,1-3H3. The number of fused-ring (bicyclic) bond motifs is 8. The molecule has 4 amide bonds. The predicted octanol–water partition coefficient (Wildman–Crippen LogP) is 13.9. The summed E-state index contributed by atoms with van der Waals surface area (Å²) in [6.07, 6.45) is 0. The lowest BCUT2D eigenvalue weighted by molar-refractivity contribution is 0.0599. The van der Waals surface area contributed by atoms with Gasteiger partial charge >= 0.3 is 0 Å². The Morgan fingerprint density at radius 1 is 0.324 bits per heavy atom. The fourth-order valence-electron chi connectivity index (χ4n) is 14.6. The van der Waals surface area contributed by atoms with Gasteiger partial charge in [0.2, 0.25) is 10.0 Å². The Hall–Kier alpha value is -12.3. The van der Waals surface area contributed by atoms with Gasteiger partial charge in [-0.05, 0) is 208 Å². The molecule has 0 spiro atoms. The number of hydrogen-bond acceptors (Lipinski definition) is 32. The van der Waals surface area contributed by atoms with Crippen LogP contribution in [0.4, 0.5) is 0 Å². The van der Waals surface area contributed by atoms with Crippen LogP contribution in [0.2, 0.25) is 10.0 Å². The molecular weight excluding hydrogens is 1920 g/mol. The smallest absolute Gasteiger partial charge is 0.291 e. The Morgan fingerprint density at radius 3 is 1.20 bits per heavy atom. The molecule has 16 rings (SSSR count). The van der Waals surface area contributed by atoms with Gasteiger partial charge in [-0.25, -0.2) is 38.0 Å². The van der Waals surface area contributed by atoms with Crippen LogP contribution < -0.4 is 11.1 Å². The Bertz CT molecular complexity index is 7030. The van der Waals surface area contributed by atoms with Crippen molar-refractivity contribution in [3.05, 3.63) is 160 Å². The molecule has 6 aliphatic rings. The molecule has 46 heteroatoms. The number of carbonyl (C=O) groups excluding carboxylic acids is 4. The number of rotatable bonds is 0. The van der Waals surface area contributed by atoms with Crippen molar-refractivity contribution in [2.45, 2.75) is 256 Å². The van der Waals surface area contributed by atoms with Crippen molar-refractivity contribution in [2.75, 3.05) is 0 Å². The number of aromatic nitrogens is 2. The van der Waals surface area contributed by atoms with Crippen LogP contribution >= 0.6 is 34.7 Å². The summed E-state index contributed by atoms with van der Waals surface area (Å²) in [5.74, 6) is -7.10. The van der Waals surface area contributed by atoms with Crippen molar-refractivity contribution in [3.8, 4) is 92.0 Å². The van der Waals surface area contributed by atoms with E-state index in [0.717, 1.165) is 34.6 Å². The number of benzene rings is 8. The Morgan fingerprint density at radius 2 is 0.728 bits per heavy atom. The number of phenolic OH excluding ortho intramolecular Hbond substituents is 16. The first kappa shape index (κ1) is 107. The first-order valence-electron chi connectivity index (χ1n) is 41.2. The molecule has 16 N–H and O–H groups in total. The Kier molecular flexibility index (Phi) is 28.7. The monoisotopic (exact) mass is 2030 g/mol. The summed E-state index contributed by atoms with van der Waals surface area (Å²) < 4.78 is 109. The van der Waals surface area contributed by atoms with E-state index in [1.165, 1.54) is 89.9 Å². The van der Waals surface area contributed by atoms with Crippen LogP contribution in [-0.4, -0.2) is 208 Å². The summed E-state index contributed by atoms with van der Waals surface area (Å²) in [7, 11) is -16.1. The van der Waals surface area contributed by atoms with Gasteiger partial charge in [0, 0.05) is 117 Å². The zero-order valence-corrected chi connectivity index (χ0v) is 84.2. The van der Waals surface area contributed by atoms with E-state index in [2.05, 4.69) is 0 Å². The SMILES string of the molecule is CC(C)(C)N1C(=O)c2cc(O)c(O)cc2S1(=O)=O.CC(C)(C)N1Cc2c(O)c(O)cc(Cl)c2C1=O.CC(C)(C)N1Cc2c(cc(O)c(O)c2Cl)C1=O.CC(C)(C)N1Cc2c(ccc(O)c2O)C1=O.CC(C)(C)N1Cc2cc(O)c(O)cc2S1(=O)=O.CC(C)(C)N1S(=O)(=O)c2cc(O)c(O)cc2S1(=O)=O.CC(C)(C)n1oc2cc(O)c(O)cc2c1=O.CC(C)(C)n1sc2cc(O)c(O)cc2c1=O. The minimum Gasteiger partial charge on any atom is -0.504 e. The molecule has 0 saturated heterocycles. The number of amides is 4. The molecule has 8 aromatic carbocycles. The highest BCUT2D eigenvalue weighted by Gasteiger charge is 2.54. The van der Waals surface area contributed by atoms with Crippen LogP contribution in [0, 0.1) is 0 Å². The van der Waals surface area contributed by atoms with Crippen molar-refractivity contribution in [1.82, 2.24) is 35.7 Å². The summed E-state index contributed by atoms with van der Waals surface area (Å²) in [6, 6.07) is 16.3.